The maximum Gasteiger partial charge on any atom is 0.134 e. The SMILES string of the molecule is N#C[C@H]1CC(=O)CCc2ccccc2[C@@H]1I. The Balaban J connectivity index is 2.42. The number of carbonyl (C=O) groups excluding carboxylic acids is 1. The van der Waals surface area contributed by atoms with Crippen molar-refractivity contribution >= 4 is 28.4 Å². The maximum atomic E-state index is 11.6. The number of fused-ring (bicyclic) bond motifs is 1. The second-order valence-corrected chi connectivity index (χ2v) is 5.42. The summed E-state index contributed by atoms with van der Waals surface area (Å²) in [4.78, 5) is 11.6. The Hall–Kier alpha value is -0.890. The minimum absolute atomic E-state index is 0.128. The van der Waals surface area contributed by atoms with Crippen LogP contribution >= 0.6 is 22.6 Å². The Labute approximate surface area is 109 Å². The predicted molar refractivity (Wildman–Crippen MR) is 70.3 cm³/mol. The van der Waals surface area contributed by atoms with Crippen molar-refractivity contribution in [2.75, 3.05) is 0 Å². The third kappa shape index (κ3) is 2.27. The fourth-order valence-corrected chi connectivity index (χ4v) is 3.11. The number of Topliss-reactive ketones (excluding diaryl/α,β-unsaturated/α-hetero) is 1. The van der Waals surface area contributed by atoms with Gasteiger partial charge in [-0.05, 0) is 17.5 Å². The number of benzene rings is 1. The van der Waals surface area contributed by atoms with Crippen molar-refractivity contribution in [3.63, 3.8) is 0 Å². The molecule has 0 radical (unpaired) electrons. The first kappa shape index (κ1) is 11.6. The third-order valence-electron chi connectivity index (χ3n) is 2.99. The van der Waals surface area contributed by atoms with Crippen LogP contribution < -0.4 is 0 Å². The number of hydrogen-bond acceptors (Lipinski definition) is 2. The lowest BCUT2D eigenvalue weighted by molar-refractivity contribution is -0.119. The van der Waals surface area contributed by atoms with E-state index in [4.69, 9.17) is 5.26 Å². The van der Waals surface area contributed by atoms with Crippen LogP contribution in [0.2, 0.25) is 0 Å². The molecular formula is C13H12INO. The van der Waals surface area contributed by atoms with Gasteiger partial charge in [-0.3, -0.25) is 4.79 Å². The maximum absolute atomic E-state index is 11.6. The molecule has 0 saturated carbocycles. The van der Waals surface area contributed by atoms with Crippen LogP contribution in [0.15, 0.2) is 24.3 Å². The van der Waals surface area contributed by atoms with E-state index in [0.29, 0.717) is 12.8 Å². The van der Waals surface area contributed by atoms with E-state index in [0.717, 1.165) is 6.42 Å². The zero-order valence-corrected chi connectivity index (χ0v) is 11.0. The van der Waals surface area contributed by atoms with Crippen molar-refractivity contribution in [1.82, 2.24) is 0 Å². The van der Waals surface area contributed by atoms with Gasteiger partial charge in [-0.25, -0.2) is 0 Å². The van der Waals surface area contributed by atoms with Gasteiger partial charge in [0, 0.05) is 12.8 Å². The van der Waals surface area contributed by atoms with Crippen LogP contribution in [0.5, 0.6) is 0 Å². The lowest BCUT2D eigenvalue weighted by Gasteiger charge is -2.22. The Morgan fingerprint density at radius 3 is 2.81 bits per heavy atom. The van der Waals surface area contributed by atoms with Crippen molar-refractivity contribution in [2.24, 2.45) is 5.92 Å². The summed E-state index contributed by atoms with van der Waals surface area (Å²) in [5, 5.41) is 9.11. The number of halogens is 1. The number of hydrogen-bond donors (Lipinski definition) is 0. The third-order valence-corrected chi connectivity index (χ3v) is 4.53. The first-order chi connectivity index (χ1) is 7.72. The van der Waals surface area contributed by atoms with Crippen LogP contribution in [0, 0.1) is 17.2 Å². The van der Waals surface area contributed by atoms with E-state index >= 15 is 0 Å². The highest BCUT2D eigenvalue weighted by Crippen LogP contribution is 2.37. The molecule has 1 aromatic carbocycles. The van der Waals surface area contributed by atoms with E-state index in [9.17, 15) is 4.79 Å². The number of nitriles is 1. The van der Waals surface area contributed by atoms with Gasteiger partial charge < -0.3 is 0 Å². The molecule has 1 aliphatic carbocycles. The topological polar surface area (TPSA) is 40.9 Å². The van der Waals surface area contributed by atoms with Gasteiger partial charge in [-0.2, -0.15) is 5.26 Å². The molecule has 0 N–H and O–H groups in total. The molecule has 0 aliphatic heterocycles. The van der Waals surface area contributed by atoms with E-state index in [1.165, 1.54) is 11.1 Å². The summed E-state index contributed by atoms with van der Waals surface area (Å²) in [5.41, 5.74) is 2.44. The lowest BCUT2D eigenvalue weighted by atomic mass is 9.87. The molecule has 3 heteroatoms. The molecule has 82 valence electrons. The smallest absolute Gasteiger partial charge is 0.134 e. The highest BCUT2D eigenvalue weighted by molar-refractivity contribution is 14.1. The molecule has 2 atom stereocenters. The zero-order valence-electron chi connectivity index (χ0n) is 8.82. The van der Waals surface area contributed by atoms with Crippen LogP contribution in [0.25, 0.3) is 0 Å². The standard InChI is InChI=1S/C13H12INO/c14-13-10(8-15)7-11(16)6-5-9-3-1-2-4-12(9)13/h1-4,10,13H,5-7H2/t10-,13-/m1/s1. The zero-order chi connectivity index (χ0) is 11.5. The molecular weight excluding hydrogens is 313 g/mol. The van der Waals surface area contributed by atoms with Crippen LogP contribution in [-0.2, 0) is 11.2 Å². The van der Waals surface area contributed by atoms with Gasteiger partial charge in [-0.15, -0.1) is 0 Å². The number of aryl methyl sites for hydroxylation is 1. The predicted octanol–water partition coefficient (Wildman–Crippen LogP) is 3.21. The van der Waals surface area contributed by atoms with Crippen molar-refractivity contribution in [3.05, 3.63) is 35.4 Å². The van der Waals surface area contributed by atoms with Crippen LogP contribution in [-0.4, -0.2) is 5.78 Å². The molecule has 0 amide bonds. The van der Waals surface area contributed by atoms with Crippen LogP contribution in [0.4, 0.5) is 0 Å². The Morgan fingerprint density at radius 2 is 2.06 bits per heavy atom. The quantitative estimate of drug-likeness (QED) is 0.543. The van der Waals surface area contributed by atoms with Gasteiger partial charge in [0.25, 0.3) is 0 Å². The molecule has 1 aromatic rings. The van der Waals surface area contributed by atoms with Crippen LogP contribution in [0.3, 0.4) is 0 Å². The highest BCUT2D eigenvalue weighted by atomic mass is 127. The molecule has 0 fully saturated rings. The summed E-state index contributed by atoms with van der Waals surface area (Å²) in [5.74, 6) is 0.0252. The minimum atomic E-state index is -0.186. The van der Waals surface area contributed by atoms with E-state index < -0.39 is 0 Å². The summed E-state index contributed by atoms with van der Waals surface area (Å²) in [6, 6.07) is 10.4. The molecule has 1 aliphatic rings. The number of ketones is 1. The number of rotatable bonds is 0. The number of alkyl halides is 1. The molecule has 0 saturated heterocycles. The van der Waals surface area contributed by atoms with Gasteiger partial charge in [-0.1, -0.05) is 46.9 Å². The Kier molecular flexibility index (Phi) is 3.59. The van der Waals surface area contributed by atoms with E-state index in [-0.39, 0.29) is 15.6 Å². The average Bonchev–Trinajstić information content (AvgIpc) is 2.31. The number of carbonyl (C=O) groups is 1. The first-order valence-electron chi connectivity index (χ1n) is 5.35. The summed E-state index contributed by atoms with van der Waals surface area (Å²) in [6.45, 7) is 0. The molecule has 2 rings (SSSR count). The van der Waals surface area contributed by atoms with E-state index in [1.54, 1.807) is 0 Å². The van der Waals surface area contributed by atoms with Gasteiger partial charge >= 0.3 is 0 Å². The summed E-state index contributed by atoms with van der Waals surface area (Å²) >= 11 is 2.29. The molecule has 16 heavy (non-hydrogen) atoms. The summed E-state index contributed by atoms with van der Waals surface area (Å²) in [7, 11) is 0. The normalized spacial score (nSPS) is 25.1. The first-order valence-corrected chi connectivity index (χ1v) is 6.60. The molecule has 2 nitrogen and oxygen atoms in total. The van der Waals surface area contributed by atoms with Crippen molar-refractivity contribution in [1.29, 1.82) is 5.26 Å². The fourth-order valence-electron chi connectivity index (χ4n) is 2.08. The second kappa shape index (κ2) is 4.96. The Morgan fingerprint density at radius 1 is 1.31 bits per heavy atom. The Bertz CT molecular complexity index is 449. The monoisotopic (exact) mass is 325 g/mol. The number of nitrogens with zero attached hydrogens (tertiary/aromatic N) is 1. The van der Waals surface area contributed by atoms with Gasteiger partial charge in [0.2, 0.25) is 0 Å². The fraction of sp³-hybridized carbons (Fsp3) is 0.385. The van der Waals surface area contributed by atoms with Gasteiger partial charge in [0.15, 0.2) is 0 Å². The second-order valence-electron chi connectivity index (χ2n) is 4.08. The van der Waals surface area contributed by atoms with Crippen LogP contribution in [0.1, 0.15) is 27.9 Å². The summed E-state index contributed by atoms with van der Waals surface area (Å²) in [6.07, 6.45) is 1.78. The molecule has 0 aromatic heterocycles. The van der Waals surface area contributed by atoms with Crippen molar-refractivity contribution < 1.29 is 4.79 Å². The summed E-state index contributed by atoms with van der Waals surface area (Å²) < 4.78 is 0.128. The van der Waals surface area contributed by atoms with Crippen molar-refractivity contribution in [2.45, 2.75) is 23.2 Å². The lowest BCUT2D eigenvalue weighted by Crippen LogP contribution is -2.17. The van der Waals surface area contributed by atoms with E-state index in [1.807, 2.05) is 12.1 Å². The highest BCUT2D eigenvalue weighted by Gasteiger charge is 2.27. The van der Waals surface area contributed by atoms with Gasteiger partial charge in [0.1, 0.15) is 5.78 Å². The van der Waals surface area contributed by atoms with Crippen molar-refractivity contribution in [3.8, 4) is 6.07 Å². The molecule has 0 spiro atoms. The largest absolute Gasteiger partial charge is 0.300 e. The molecule has 0 unspecified atom stereocenters. The molecule has 0 bridgehead atoms. The molecule has 0 heterocycles. The van der Waals surface area contributed by atoms with Gasteiger partial charge in [0.05, 0.1) is 15.9 Å². The average molecular weight is 325 g/mol. The van der Waals surface area contributed by atoms with E-state index in [2.05, 4.69) is 40.8 Å². The minimum Gasteiger partial charge on any atom is -0.300 e.